The molecule has 0 aliphatic heterocycles. The van der Waals surface area contributed by atoms with E-state index in [0.717, 1.165) is 38.0 Å². The van der Waals surface area contributed by atoms with Crippen LogP contribution in [-0.2, 0) is 0 Å². The second-order valence-corrected chi connectivity index (χ2v) is 6.94. The molecule has 1 rings (SSSR count). The zero-order valence-corrected chi connectivity index (χ0v) is 11.6. The van der Waals surface area contributed by atoms with Gasteiger partial charge in [0, 0.05) is 5.54 Å². The smallest absolute Gasteiger partial charge is 0.0823 e. The van der Waals surface area contributed by atoms with Gasteiger partial charge in [-0.1, -0.05) is 27.7 Å². The maximum atomic E-state index is 10.7. The van der Waals surface area contributed by atoms with Crippen molar-refractivity contribution in [2.45, 2.75) is 77.9 Å². The van der Waals surface area contributed by atoms with Gasteiger partial charge in [0.2, 0.25) is 0 Å². The molecule has 1 aliphatic carbocycles. The van der Waals surface area contributed by atoms with E-state index in [2.05, 4.69) is 27.7 Å². The Morgan fingerprint density at radius 2 is 1.62 bits per heavy atom. The molecule has 0 radical (unpaired) electrons. The first-order valence-corrected chi connectivity index (χ1v) is 6.64. The van der Waals surface area contributed by atoms with Crippen LogP contribution in [0.2, 0.25) is 0 Å². The van der Waals surface area contributed by atoms with Crippen LogP contribution in [0.25, 0.3) is 0 Å². The summed E-state index contributed by atoms with van der Waals surface area (Å²) >= 11 is 0. The Balaban J connectivity index is 2.67. The van der Waals surface area contributed by atoms with Gasteiger partial charge in [0.1, 0.15) is 0 Å². The summed E-state index contributed by atoms with van der Waals surface area (Å²) < 4.78 is 0. The van der Waals surface area contributed by atoms with Gasteiger partial charge in [0.05, 0.1) is 5.60 Å². The molecule has 0 bridgehead atoms. The van der Waals surface area contributed by atoms with E-state index in [9.17, 15) is 5.11 Å². The Hall–Kier alpha value is -0.0800. The topological polar surface area (TPSA) is 46.2 Å². The van der Waals surface area contributed by atoms with E-state index in [1.165, 1.54) is 0 Å². The third-order valence-corrected chi connectivity index (χ3v) is 4.84. The summed E-state index contributed by atoms with van der Waals surface area (Å²) in [5, 5.41) is 10.7. The van der Waals surface area contributed by atoms with E-state index in [4.69, 9.17) is 5.73 Å². The summed E-state index contributed by atoms with van der Waals surface area (Å²) in [6, 6.07) is 0. The zero-order valence-electron chi connectivity index (χ0n) is 11.6. The normalized spacial score (nSPS) is 35.8. The van der Waals surface area contributed by atoms with Crippen LogP contribution < -0.4 is 5.73 Å². The molecule has 0 heterocycles. The summed E-state index contributed by atoms with van der Waals surface area (Å²) in [6.45, 7) is 10.9. The van der Waals surface area contributed by atoms with Crippen molar-refractivity contribution in [1.29, 1.82) is 0 Å². The van der Waals surface area contributed by atoms with Gasteiger partial charge in [-0.3, -0.25) is 0 Å². The number of aliphatic hydroxyl groups is 1. The Morgan fingerprint density at radius 3 is 1.94 bits per heavy atom. The first kappa shape index (κ1) is 14.0. The van der Waals surface area contributed by atoms with Crippen LogP contribution in [0, 0.1) is 11.3 Å². The Labute approximate surface area is 101 Å². The average Bonchev–Trinajstić information content (AvgIpc) is 2.16. The van der Waals surface area contributed by atoms with Crippen LogP contribution in [0.15, 0.2) is 0 Å². The summed E-state index contributed by atoms with van der Waals surface area (Å²) in [5.74, 6) is 0.723. The van der Waals surface area contributed by atoms with Crippen molar-refractivity contribution >= 4 is 0 Å². The van der Waals surface area contributed by atoms with Crippen LogP contribution in [0.1, 0.15) is 66.7 Å². The Kier molecular flexibility index (Phi) is 3.76. The van der Waals surface area contributed by atoms with Crippen molar-refractivity contribution in [1.82, 2.24) is 0 Å². The number of hydrogen-bond acceptors (Lipinski definition) is 2. The molecule has 0 saturated heterocycles. The minimum atomic E-state index is -0.649. The highest BCUT2D eigenvalue weighted by molar-refractivity contribution is 5.03. The lowest BCUT2D eigenvalue weighted by Crippen LogP contribution is -2.60. The predicted octanol–water partition coefficient (Wildman–Crippen LogP) is 3.08. The Bertz CT molecular complexity index is 232. The Morgan fingerprint density at radius 1 is 1.19 bits per heavy atom. The first-order valence-electron chi connectivity index (χ1n) is 6.64. The molecule has 0 aromatic rings. The van der Waals surface area contributed by atoms with Crippen molar-refractivity contribution in [3.8, 4) is 0 Å². The van der Waals surface area contributed by atoms with E-state index in [0.29, 0.717) is 5.41 Å². The maximum Gasteiger partial charge on any atom is 0.0823 e. The molecule has 0 aromatic heterocycles. The van der Waals surface area contributed by atoms with Gasteiger partial charge in [-0.25, -0.2) is 0 Å². The SMILES string of the molecule is CCC(C)(N)C1(O)CCC(C(C)(C)C)CC1. The second-order valence-electron chi connectivity index (χ2n) is 6.94. The average molecular weight is 227 g/mol. The second kappa shape index (κ2) is 4.30. The molecule has 1 aliphatic rings. The van der Waals surface area contributed by atoms with Crippen molar-refractivity contribution in [2.24, 2.45) is 17.1 Å². The van der Waals surface area contributed by atoms with Gasteiger partial charge in [0.25, 0.3) is 0 Å². The molecule has 0 spiro atoms. The van der Waals surface area contributed by atoms with Gasteiger partial charge in [-0.15, -0.1) is 0 Å². The molecule has 1 saturated carbocycles. The van der Waals surface area contributed by atoms with Gasteiger partial charge in [0.15, 0.2) is 0 Å². The molecule has 1 atom stereocenters. The largest absolute Gasteiger partial charge is 0.388 e. The van der Waals surface area contributed by atoms with Gasteiger partial charge < -0.3 is 10.8 Å². The monoisotopic (exact) mass is 227 g/mol. The third kappa shape index (κ3) is 2.60. The van der Waals surface area contributed by atoms with E-state index in [1.807, 2.05) is 6.92 Å². The number of rotatable bonds is 2. The van der Waals surface area contributed by atoms with Crippen molar-refractivity contribution < 1.29 is 5.11 Å². The van der Waals surface area contributed by atoms with Gasteiger partial charge in [-0.05, 0) is 50.4 Å². The molecular weight excluding hydrogens is 198 g/mol. The number of hydrogen-bond donors (Lipinski definition) is 2. The lowest BCUT2D eigenvalue weighted by Gasteiger charge is -2.48. The highest BCUT2D eigenvalue weighted by atomic mass is 16.3. The molecule has 0 aromatic carbocycles. The molecule has 16 heavy (non-hydrogen) atoms. The minimum Gasteiger partial charge on any atom is -0.388 e. The van der Waals surface area contributed by atoms with Gasteiger partial charge in [-0.2, -0.15) is 0 Å². The molecule has 2 heteroatoms. The van der Waals surface area contributed by atoms with E-state index in [1.54, 1.807) is 0 Å². The lowest BCUT2D eigenvalue weighted by molar-refractivity contribution is -0.0785. The fourth-order valence-electron chi connectivity index (χ4n) is 2.86. The molecule has 96 valence electrons. The van der Waals surface area contributed by atoms with Crippen LogP contribution in [0.3, 0.4) is 0 Å². The molecule has 1 unspecified atom stereocenters. The van der Waals surface area contributed by atoms with Crippen LogP contribution in [-0.4, -0.2) is 16.2 Å². The standard InChI is InChI=1S/C14H29NO/c1-6-13(5,15)14(16)9-7-11(8-10-14)12(2,3)4/h11,16H,6-10,15H2,1-5H3. The highest BCUT2D eigenvalue weighted by Gasteiger charge is 2.46. The molecule has 3 N–H and O–H groups in total. The predicted molar refractivity (Wildman–Crippen MR) is 69.2 cm³/mol. The molecule has 1 fully saturated rings. The van der Waals surface area contributed by atoms with Crippen molar-refractivity contribution in [3.63, 3.8) is 0 Å². The summed E-state index contributed by atoms with van der Waals surface area (Å²) in [6.07, 6.45) is 4.76. The number of nitrogens with two attached hydrogens (primary N) is 1. The zero-order chi connectivity index (χ0) is 12.6. The van der Waals surface area contributed by atoms with Crippen molar-refractivity contribution in [3.05, 3.63) is 0 Å². The molecule has 2 nitrogen and oxygen atoms in total. The van der Waals surface area contributed by atoms with Crippen LogP contribution >= 0.6 is 0 Å². The fraction of sp³-hybridized carbons (Fsp3) is 1.00. The van der Waals surface area contributed by atoms with E-state index >= 15 is 0 Å². The minimum absolute atomic E-state index is 0.360. The first-order chi connectivity index (χ1) is 7.12. The summed E-state index contributed by atoms with van der Waals surface area (Å²) in [4.78, 5) is 0. The molecule has 0 amide bonds. The van der Waals surface area contributed by atoms with Crippen LogP contribution in [0.5, 0.6) is 0 Å². The van der Waals surface area contributed by atoms with E-state index in [-0.39, 0.29) is 0 Å². The fourth-order valence-corrected chi connectivity index (χ4v) is 2.86. The summed E-state index contributed by atoms with van der Waals surface area (Å²) in [5.41, 5.74) is 5.51. The molecular formula is C14H29NO. The quantitative estimate of drug-likeness (QED) is 0.761. The van der Waals surface area contributed by atoms with Gasteiger partial charge >= 0.3 is 0 Å². The lowest BCUT2D eigenvalue weighted by atomic mass is 9.63. The van der Waals surface area contributed by atoms with E-state index < -0.39 is 11.1 Å². The van der Waals surface area contributed by atoms with Crippen molar-refractivity contribution in [2.75, 3.05) is 0 Å². The maximum absolute atomic E-state index is 10.7. The third-order valence-electron chi connectivity index (χ3n) is 4.84. The summed E-state index contributed by atoms with van der Waals surface area (Å²) in [7, 11) is 0. The van der Waals surface area contributed by atoms with Crippen LogP contribution in [0.4, 0.5) is 0 Å². The highest BCUT2D eigenvalue weighted by Crippen LogP contribution is 2.45.